The Bertz CT molecular complexity index is 156. The average molecular weight is 238 g/mol. The van der Waals surface area contributed by atoms with Crippen LogP contribution in [0.3, 0.4) is 0 Å². The van der Waals surface area contributed by atoms with Crippen molar-refractivity contribution < 1.29 is 19.1 Å². The van der Waals surface area contributed by atoms with Crippen molar-refractivity contribution in [2.24, 2.45) is 4.99 Å². The van der Waals surface area contributed by atoms with Crippen LogP contribution in [-0.2, 0) is 14.3 Å². The molecule has 0 saturated heterocycles. The van der Waals surface area contributed by atoms with Crippen LogP contribution < -0.4 is 5.32 Å². The van der Waals surface area contributed by atoms with Gasteiger partial charge in [-0.05, 0) is 13.0 Å². The summed E-state index contributed by atoms with van der Waals surface area (Å²) in [6.45, 7) is 3.49. The van der Waals surface area contributed by atoms with Gasteiger partial charge < -0.3 is 19.8 Å². The fourth-order valence-corrected chi connectivity index (χ4v) is 0.465. The van der Waals surface area contributed by atoms with E-state index in [1.165, 1.54) is 26.0 Å². The number of rotatable bonds is 3. The van der Waals surface area contributed by atoms with Crippen molar-refractivity contribution in [3.8, 4) is 0 Å². The van der Waals surface area contributed by atoms with Crippen LogP contribution in [0.2, 0.25) is 0 Å². The van der Waals surface area contributed by atoms with Gasteiger partial charge in [0.15, 0.2) is 0 Å². The summed E-state index contributed by atoms with van der Waals surface area (Å²) in [4.78, 5) is 22.4. The van der Waals surface area contributed by atoms with E-state index in [2.05, 4.69) is 26.5 Å². The summed E-state index contributed by atoms with van der Waals surface area (Å²) in [6.07, 6.45) is 1.52. The Morgan fingerprint density at radius 1 is 1.60 bits per heavy atom. The molecule has 0 spiro atoms. The summed E-state index contributed by atoms with van der Waals surface area (Å²) >= 11 is 1.53. The molecule has 0 aliphatic heterocycles. The molecule has 0 aromatic carbocycles. The SMILES string of the molecule is C=NC.COC(=O)NCSC.COC=O. The number of nitrogens with one attached hydrogen (secondary N) is 1. The molecule has 0 aromatic rings. The number of carbonyl (C=O) groups excluding carboxylic acids is 2. The molecule has 0 radical (unpaired) electrons. The number of amides is 1. The third-order valence-electron chi connectivity index (χ3n) is 0.642. The Kier molecular flexibility index (Phi) is 29.7. The molecule has 7 heteroatoms. The zero-order chi connectivity index (χ0) is 12.5. The third-order valence-corrected chi connectivity index (χ3v) is 1.08. The van der Waals surface area contributed by atoms with Crippen LogP contribution in [-0.4, -0.2) is 52.7 Å². The highest BCUT2D eigenvalue weighted by Crippen LogP contribution is 1.85. The highest BCUT2D eigenvalue weighted by atomic mass is 32.2. The van der Waals surface area contributed by atoms with Gasteiger partial charge in [0, 0.05) is 7.05 Å². The molecule has 15 heavy (non-hydrogen) atoms. The van der Waals surface area contributed by atoms with Crippen LogP contribution in [0.5, 0.6) is 0 Å². The van der Waals surface area contributed by atoms with E-state index in [0.717, 1.165) is 0 Å². The Hall–Kier alpha value is -1.24. The van der Waals surface area contributed by atoms with Crippen molar-refractivity contribution in [2.45, 2.75) is 0 Å². The van der Waals surface area contributed by atoms with Crippen LogP contribution >= 0.6 is 11.8 Å². The second kappa shape index (κ2) is 23.0. The number of aliphatic imine (C=N–C) groups is 1. The first-order valence-electron chi connectivity index (χ1n) is 3.76. The lowest BCUT2D eigenvalue weighted by Crippen LogP contribution is -2.21. The van der Waals surface area contributed by atoms with Crippen LogP contribution in [0.15, 0.2) is 4.99 Å². The monoisotopic (exact) mass is 238 g/mol. The summed E-state index contributed by atoms with van der Waals surface area (Å²) in [7, 11) is 4.29. The number of carbonyl (C=O) groups is 2. The van der Waals surface area contributed by atoms with Crippen LogP contribution in [0, 0.1) is 0 Å². The van der Waals surface area contributed by atoms with Gasteiger partial charge in [0.1, 0.15) is 0 Å². The van der Waals surface area contributed by atoms with Crippen LogP contribution in [0.4, 0.5) is 4.79 Å². The van der Waals surface area contributed by atoms with Gasteiger partial charge in [-0.1, -0.05) is 0 Å². The second-order valence-corrected chi connectivity index (χ2v) is 2.62. The van der Waals surface area contributed by atoms with Crippen molar-refractivity contribution >= 4 is 31.0 Å². The number of nitrogens with zero attached hydrogens (tertiary/aromatic N) is 1. The molecule has 0 aromatic heterocycles. The number of alkyl carbamates (subject to hydrolysis) is 1. The fraction of sp³-hybridized carbons (Fsp3) is 0.625. The largest absolute Gasteiger partial charge is 0.471 e. The van der Waals surface area contributed by atoms with Crippen molar-refractivity contribution in [3.63, 3.8) is 0 Å². The molecular formula is C8H18N2O4S. The first-order valence-corrected chi connectivity index (χ1v) is 5.15. The van der Waals surface area contributed by atoms with Crippen LogP contribution in [0.25, 0.3) is 0 Å². The summed E-state index contributed by atoms with van der Waals surface area (Å²) in [6, 6.07) is 0. The van der Waals surface area contributed by atoms with E-state index in [1.54, 1.807) is 7.05 Å². The van der Waals surface area contributed by atoms with Gasteiger partial charge >= 0.3 is 6.09 Å². The Labute approximate surface area is 94.4 Å². The summed E-state index contributed by atoms with van der Waals surface area (Å²) in [5.74, 6) is 0.604. The summed E-state index contributed by atoms with van der Waals surface area (Å²) in [5.41, 5.74) is 0. The van der Waals surface area contributed by atoms with E-state index < -0.39 is 0 Å². The molecule has 0 atom stereocenters. The molecule has 1 amide bonds. The lowest BCUT2D eigenvalue weighted by atomic mass is 11.1. The average Bonchev–Trinajstić information content (AvgIpc) is 2.27. The number of thioether (sulfide) groups is 1. The van der Waals surface area contributed by atoms with E-state index in [4.69, 9.17) is 4.79 Å². The van der Waals surface area contributed by atoms with Gasteiger partial charge in [-0.3, -0.25) is 4.79 Å². The van der Waals surface area contributed by atoms with E-state index in [-0.39, 0.29) is 6.09 Å². The maximum Gasteiger partial charge on any atom is 0.407 e. The van der Waals surface area contributed by atoms with Gasteiger partial charge in [0.2, 0.25) is 0 Å². The molecule has 0 bridgehead atoms. The number of ether oxygens (including phenoxy) is 2. The lowest BCUT2D eigenvalue weighted by Gasteiger charge is -1.97. The number of hydrogen-bond donors (Lipinski definition) is 1. The minimum Gasteiger partial charge on any atom is -0.471 e. The van der Waals surface area contributed by atoms with E-state index in [0.29, 0.717) is 12.3 Å². The molecule has 6 nitrogen and oxygen atoms in total. The lowest BCUT2D eigenvalue weighted by molar-refractivity contribution is -0.126. The van der Waals surface area contributed by atoms with Gasteiger partial charge in [-0.2, -0.15) is 0 Å². The van der Waals surface area contributed by atoms with Gasteiger partial charge in [-0.25, -0.2) is 4.79 Å². The number of hydrogen-bond acceptors (Lipinski definition) is 6. The molecule has 0 unspecified atom stereocenters. The predicted molar refractivity (Wildman–Crippen MR) is 62.5 cm³/mol. The van der Waals surface area contributed by atoms with Crippen molar-refractivity contribution in [3.05, 3.63) is 0 Å². The molecule has 0 aliphatic carbocycles. The zero-order valence-corrected chi connectivity index (χ0v) is 10.3. The van der Waals surface area contributed by atoms with Crippen LogP contribution in [0.1, 0.15) is 0 Å². The summed E-state index contributed by atoms with van der Waals surface area (Å²) < 4.78 is 8.15. The first-order chi connectivity index (χ1) is 7.14. The molecule has 0 heterocycles. The smallest absolute Gasteiger partial charge is 0.407 e. The molecule has 90 valence electrons. The first kappa shape index (κ1) is 19.4. The summed E-state index contributed by atoms with van der Waals surface area (Å²) in [5, 5.41) is 2.48. The Morgan fingerprint density at radius 3 is 2.20 bits per heavy atom. The molecule has 0 fully saturated rings. The molecule has 0 saturated carbocycles. The third kappa shape index (κ3) is 44.5. The highest BCUT2D eigenvalue weighted by molar-refractivity contribution is 7.98. The molecule has 0 aliphatic rings. The second-order valence-electron chi connectivity index (χ2n) is 1.75. The molecular weight excluding hydrogens is 220 g/mol. The minimum atomic E-state index is -0.376. The standard InChI is InChI=1S/C4H9NO2S.C2H5N.C2H4O2/c1-7-4(6)5-3-8-2;1-3-2;1-4-2-3/h3H2,1-2H3,(H,5,6);1H2,2H3;2H,1H3. The topological polar surface area (TPSA) is 77.0 Å². The van der Waals surface area contributed by atoms with E-state index in [1.807, 2.05) is 6.26 Å². The van der Waals surface area contributed by atoms with Gasteiger partial charge in [-0.15, -0.1) is 11.8 Å². The van der Waals surface area contributed by atoms with Crippen molar-refractivity contribution in [1.29, 1.82) is 0 Å². The quantitative estimate of drug-likeness (QED) is 0.446. The predicted octanol–water partition coefficient (Wildman–Crippen LogP) is 0.769. The Morgan fingerprint density at radius 2 is 2.00 bits per heavy atom. The van der Waals surface area contributed by atoms with E-state index in [9.17, 15) is 4.79 Å². The van der Waals surface area contributed by atoms with Gasteiger partial charge in [0.25, 0.3) is 6.47 Å². The zero-order valence-electron chi connectivity index (χ0n) is 9.48. The maximum atomic E-state index is 10.2. The highest BCUT2D eigenvalue weighted by Gasteiger charge is 1.92. The molecule has 1 N–H and O–H groups in total. The van der Waals surface area contributed by atoms with Crippen molar-refractivity contribution in [2.75, 3.05) is 33.4 Å². The maximum absolute atomic E-state index is 10.2. The van der Waals surface area contributed by atoms with Gasteiger partial charge in [0.05, 0.1) is 20.1 Å². The Balaban J connectivity index is -0.000000173. The number of methoxy groups -OCH3 is 2. The van der Waals surface area contributed by atoms with E-state index >= 15 is 0 Å². The fourth-order valence-electron chi connectivity index (χ4n) is 0.203. The molecule has 0 rings (SSSR count). The van der Waals surface area contributed by atoms with Crippen molar-refractivity contribution in [1.82, 2.24) is 5.32 Å². The normalized spacial score (nSPS) is 6.67. The minimum absolute atomic E-state index is 0.375.